The minimum atomic E-state index is 0.246. The molecule has 1 atom stereocenters. The molecular weight excluding hydrogens is 252 g/mol. The zero-order chi connectivity index (χ0) is 13.9. The first-order chi connectivity index (χ1) is 9.81. The number of aryl methyl sites for hydroxylation is 1. The van der Waals surface area contributed by atoms with Gasteiger partial charge in [-0.1, -0.05) is 18.2 Å². The van der Waals surface area contributed by atoms with Crippen LogP contribution in [0, 0.1) is 0 Å². The number of benzene rings is 1. The van der Waals surface area contributed by atoms with Crippen molar-refractivity contribution < 1.29 is 4.74 Å². The SMILES string of the molecule is CCn1ncnc1CC(NC)c1ccc2c(c1)COC2. The molecule has 0 saturated carbocycles. The van der Waals surface area contributed by atoms with Crippen LogP contribution in [-0.4, -0.2) is 21.8 Å². The molecule has 0 fully saturated rings. The standard InChI is InChI=1S/C15H20N4O/c1-3-19-15(17-10-18-19)7-14(16-2)11-4-5-12-8-20-9-13(12)6-11/h4-6,10,14,16H,3,7-9H2,1-2H3. The Kier molecular flexibility index (Phi) is 3.80. The Morgan fingerprint density at radius 3 is 3.00 bits per heavy atom. The fraction of sp³-hybridized carbons (Fsp3) is 0.467. The molecule has 106 valence electrons. The van der Waals surface area contributed by atoms with Crippen LogP contribution in [0.3, 0.4) is 0 Å². The molecule has 0 spiro atoms. The van der Waals surface area contributed by atoms with Gasteiger partial charge in [0, 0.05) is 19.0 Å². The van der Waals surface area contributed by atoms with Gasteiger partial charge in [-0.15, -0.1) is 0 Å². The van der Waals surface area contributed by atoms with Crippen LogP contribution in [0.4, 0.5) is 0 Å². The molecule has 20 heavy (non-hydrogen) atoms. The number of ether oxygens (including phenoxy) is 1. The maximum absolute atomic E-state index is 5.48. The highest BCUT2D eigenvalue weighted by Gasteiger charge is 2.17. The topological polar surface area (TPSA) is 52.0 Å². The van der Waals surface area contributed by atoms with Crippen molar-refractivity contribution in [3.05, 3.63) is 47.0 Å². The number of fused-ring (bicyclic) bond motifs is 1. The zero-order valence-electron chi connectivity index (χ0n) is 12.0. The van der Waals surface area contributed by atoms with Gasteiger partial charge in [0.05, 0.1) is 13.2 Å². The van der Waals surface area contributed by atoms with Crippen molar-refractivity contribution in [2.75, 3.05) is 7.05 Å². The number of nitrogens with one attached hydrogen (secondary N) is 1. The van der Waals surface area contributed by atoms with Crippen LogP contribution in [0.25, 0.3) is 0 Å². The molecule has 1 aliphatic rings. The van der Waals surface area contributed by atoms with Crippen molar-refractivity contribution in [1.29, 1.82) is 0 Å². The zero-order valence-corrected chi connectivity index (χ0v) is 12.0. The Morgan fingerprint density at radius 1 is 1.35 bits per heavy atom. The van der Waals surface area contributed by atoms with Gasteiger partial charge in [-0.2, -0.15) is 5.10 Å². The van der Waals surface area contributed by atoms with Crippen molar-refractivity contribution in [3.8, 4) is 0 Å². The Morgan fingerprint density at radius 2 is 2.20 bits per heavy atom. The number of hydrogen-bond acceptors (Lipinski definition) is 4. The van der Waals surface area contributed by atoms with Crippen molar-refractivity contribution in [2.24, 2.45) is 0 Å². The highest BCUT2D eigenvalue weighted by molar-refractivity contribution is 5.35. The summed E-state index contributed by atoms with van der Waals surface area (Å²) in [6.07, 6.45) is 2.46. The second-order valence-electron chi connectivity index (χ2n) is 5.06. The molecule has 1 aromatic carbocycles. The predicted octanol–water partition coefficient (Wildman–Crippen LogP) is 1.83. The smallest absolute Gasteiger partial charge is 0.138 e. The van der Waals surface area contributed by atoms with Crippen LogP contribution >= 0.6 is 0 Å². The van der Waals surface area contributed by atoms with E-state index in [9.17, 15) is 0 Å². The quantitative estimate of drug-likeness (QED) is 0.902. The van der Waals surface area contributed by atoms with E-state index < -0.39 is 0 Å². The summed E-state index contributed by atoms with van der Waals surface area (Å²) in [6.45, 7) is 4.40. The van der Waals surface area contributed by atoms with Crippen molar-refractivity contribution in [1.82, 2.24) is 20.1 Å². The molecule has 2 heterocycles. The van der Waals surface area contributed by atoms with Gasteiger partial charge in [-0.3, -0.25) is 4.68 Å². The van der Waals surface area contributed by atoms with E-state index in [1.54, 1.807) is 6.33 Å². The predicted molar refractivity (Wildman–Crippen MR) is 76.1 cm³/mol. The van der Waals surface area contributed by atoms with Gasteiger partial charge >= 0.3 is 0 Å². The number of likely N-dealkylation sites (N-methyl/N-ethyl adjacent to an activating group) is 1. The van der Waals surface area contributed by atoms with Gasteiger partial charge in [0.25, 0.3) is 0 Å². The molecule has 1 aliphatic heterocycles. The monoisotopic (exact) mass is 272 g/mol. The molecule has 2 aromatic rings. The van der Waals surface area contributed by atoms with Gasteiger partial charge in [0.1, 0.15) is 12.2 Å². The first kappa shape index (κ1) is 13.3. The summed E-state index contributed by atoms with van der Waals surface area (Å²) in [7, 11) is 1.99. The van der Waals surface area contributed by atoms with Crippen LogP contribution in [0.1, 0.15) is 35.5 Å². The Labute approximate surface area is 119 Å². The first-order valence-corrected chi connectivity index (χ1v) is 7.05. The van der Waals surface area contributed by atoms with Crippen LogP contribution in [0.5, 0.6) is 0 Å². The molecule has 1 N–H and O–H groups in total. The van der Waals surface area contributed by atoms with Crippen LogP contribution < -0.4 is 5.32 Å². The fourth-order valence-corrected chi connectivity index (χ4v) is 2.69. The van der Waals surface area contributed by atoms with E-state index >= 15 is 0 Å². The maximum Gasteiger partial charge on any atom is 0.138 e. The lowest BCUT2D eigenvalue weighted by Gasteiger charge is -2.17. The number of rotatable bonds is 5. The van der Waals surface area contributed by atoms with Crippen LogP contribution in [0.2, 0.25) is 0 Å². The summed E-state index contributed by atoms with van der Waals surface area (Å²) in [4.78, 5) is 4.36. The lowest BCUT2D eigenvalue weighted by atomic mass is 9.99. The van der Waals surface area contributed by atoms with E-state index in [1.165, 1.54) is 16.7 Å². The normalized spacial score (nSPS) is 15.3. The van der Waals surface area contributed by atoms with Gasteiger partial charge in [-0.05, 0) is 30.7 Å². The average Bonchev–Trinajstić information content (AvgIpc) is 3.12. The Hall–Kier alpha value is -1.72. The summed E-state index contributed by atoms with van der Waals surface area (Å²) in [5, 5.41) is 7.61. The molecule has 0 radical (unpaired) electrons. The van der Waals surface area contributed by atoms with E-state index in [0.717, 1.165) is 32.0 Å². The van der Waals surface area contributed by atoms with E-state index in [1.807, 2.05) is 11.7 Å². The van der Waals surface area contributed by atoms with Gasteiger partial charge < -0.3 is 10.1 Å². The van der Waals surface area contributed by atoms with E-state index in [0.29, 0.717) is 0 Å². The van der Waals surface area contributed by atoms with E-state index in [-0.39, 0.29) is 6.04 Å². The first-order valence-electron chi connectivity index (χ1n) is 7.05. The molecule has 0 aliphatic carbocycles. The van der Waals surface area contributed by atoms with Crippen LogP contribution in [0.15, 0.2) is 24.5 Å². The molecule has 5 heteroatoms. The summed E-state index contributed by atoms with van der Waals surface area (Å²) < 4.78 is 7.42. The summed E-state index contributed by atoms with van der Waals surface area (Å²) >= 11 is 0. The van der Waals surface area contributed by atoms with Crippen molar-refractivity contribution in [3.63, 3.8) is 0 Å². The average molecular weight is 272 g/mol. The third kappa shape index (κ3) is 2.46. The minimum absolute atomic E-state index is 0.246. The lowest BCUT2D eigenvalue weighted by molar-refractivity contribution is 0.134. The highest BCUT2D eigenvalue weighted by atomic mass is 16.5. The fourth-order valence-electron chi connectivity index (χ4n) is 2.69. The number of hydrogen-bond donors (Lipinski definition) is 1. The molecule has 1 unspecified atom stereocenters. The van der Waals surface area contributed by atoms with E-state index in [2.05, 4.69) is 40.5 Å². The molecule has 0 bridgehead atoms. The molecular formula is C15H20N4O. The van der Waals surface area contributed by atoms with Gasteiger partial charge in [0.15, 0.2) is 0 Å². The number of nitrogens with zero attached hydrogens (tertiary/aromatic N) is 3. The lowest BCUT2D eigenvalue weighted by Crippen LogP contribution is -2.21. The second kappa shape index (κ2) is 5.73. The summed E-state index contributed by atoms with van der Waals surface area (Å²) in [6, 6.07) is 6.85. The van der Waals surface area contributed by atoms with Crippen molar-refractivity contribution >= 4 is 0 Å². The van der Waals surface area contributed by atoms with Crippen molar-refractivity contribution in [2.45, 2.75) is 39.1 Å². The molecule has 0 saturated heterocycles. The third-order valence-corrected chi connectivity index (χ3v) is 3.88. The molecule has 0 amide bonds. The second-order valence-corrected chi connectivity index (χ2v) is 5.06. The Balaban J connectivity index is 1.83. The third-order valence-electron chi connectivity index (χ3n) is 3.88. The number of aromatic nitrogens is 3. The van der Waals surface area contributed by atoms with Crippen LogP contribution in [-0.2, 0) is 30.9 Å². The molecule has 5 nitrogen and oxygen atoms in total. The molecule has 3 rings (SSSR count). The van der Waals surface area contributed by atoms with Gasteiger partial charge in [0.2, 0.25) is 0 Å². The minimum Gasteiger partial charge on any atom is -0.372 e. The highest BCUT2D eigenvalue weighted by Crippen LogP contribution is 2.25. The largest absolute Gasteiger partial charge is 0.372 e. The maximum atomic E-state index is 5.48. The summed E-state index contributed by atoms with van der Waals surface area (Å²) in [5.74, 6) is 1.02. The van der Waals surface area contributed by atoms with Gasteiger partial charge in [-0.25, -0.2) is 4.98 Å². The van der Waals surface area contributed by atoms with E-state index in [4.69, 9.17) is 4.74 Å². The Bertz CT molecular complexity index is 593. The summed E-state index contributed by atoms with van der Waals surface area (Å²) in [5.41, 5.74) is 3.89. The molecule has 1 aromatic heterocycles.